The van der Waals surface area contributed by atoms with Gasteiger partial charge in [-0.3, -0.25) is 9.79 Å². The summed E-state index contributed by atoms with van der Waals surface area (Å²) in [6.07, 6.45) is 1.50. The number of hydrogen-bond donors (Lipinski definition) is 0. The molecule has 5 heteroatoms. The highest BCUT2D eigenvalue weighted by molar-refractivity contribution is 5.91. The minimum atomic E-state index is -0.193. The van der Waals surface area contributed by atoms with Gasteiger partial charge < -0.3 is 14.2 Å². The van der Waals surface area contributed by atoms with Gasteiger partial charge in [0, 0.05) is 12.1 Å². The number of carbonyl (C=O) groups is 1. The van der Waals surface area contributed by atoms with Gasteiger partial charge in [0.25, 0.3) is 0 Å². The van der Waals surface area contributed by atoms with Gasteiger partial charge in [0.2, 0.25) is 0 Å². The minimum Gasteiger partial charge on any atom is -0.466 e. The van der Waals surface area contributed by atoms with E-state index in [9.17, 15) is 4.79 Å². The van der Waals surface area contributed by atoms with Crippen molar-refractivity contribution in [2.45, 2.75) is 51.6 Å². The van der Waals surface area contributed by atoms with E-state index in [4.69, 9.17) is 14.2 Å². The van der Waals surface area contributed by atoms with Crippen LogP contribution < -0.4 is 0 Å². The average Bonchev–Trinajstić information content (AvgIpc) is 3.14. The van der Waals surface area contributed by atoms with E-state index in [1.54, 1.807) is 0 Å². The number of benzene rings is 2. The lowest BCUT2D eigenvalue weighted by molar-refractivity contribution is -0.143. The molecule has 3 rings (SSSR count). The summed E-state index contributed by atoms with van der Waals surface area (Å²) in [5, 5.41) is 0. The molecule has 0 aromatic heterocycles. The maximum atomic E-state index is 11.6. The van der Waals surface area contributed by atoms with Gasteiger partial charge in [0.05, 0.1) is 26.4 Å². The van der Waals surface area contributed by atoms with Crippen LogP contribution in [-0.2, 0) is 32.2 Å². The molecule has 1 aliphatic heterocycles. The number of aliphatic imine (C=N–C) groups is 1. The third-order valence-corrected chi connectivity index (χ3v) is 4.84. The molecular formula is C24H29NO4. The molecule has 5 nitrogen and oxygen atoms in total. The van der Waals surface area contributed by atoms with Gasteiger partial charge in [-0.25, -0.2) is 0 Å². The lowest BCUT2D eigenvalue weighted by Gasteiger charge is -2.22. The lowest BCUT2D eigenvalue weighted by atomic mass is 10.1. The van der Waals surface area contributed by atoms with Crippen molar-refractivity contribution in [3.05, 3.63) is 71.8 Å². The molecule has 0 N–H and O–H groups in total. The summed E-state index contributed by atoms with van der Waals surface area (Å²) < 4.78 is 17.4. The van der Waals surface area contributed by atoms with Crippen molar-refractivity contribution < 1.29 is 19.0 Å². The largest absolute Gasteiger partial charge is 0.466 e. The smallest absolute Gasteiger partial charge is 0.305 e. The van der Waals surface area contributed by atoms with Crippen LogP contribution in [0.2, 0.25) is 0 Å². The Morgan fingerprint density at radius 1 is 0.966 bits per heavy atom. The standard InChI is InChI=1S/C24H29NO4/c1-2-27-23(26)15-9-14-21-24(29-18-20-12-7-4-8-13-20)22(16-25-21)28-17-19-10-5-3-6-11-19/h3-8,10-13,22,24H,2,9,14-18H2,1H3/t22-,24+/m1/s1. The fourth-order valence-electron chi connectivity index (χ4n) is 3.36. The fraction of sp³-hybridized carbons (Fsp3) is 0.417. The quantitative estimate of drug-likeness (QED) is 0.531. The van der Waals surface area contributed by atoms with Crippen molar-refractivity contribution in [2.24, 2.45) is 4.99 Å². The van der Waals surface area contributed by atoms with Crippen LogP contribution in [0.4, 0.5) is 0 Å². The third-order valence-electron chi connectivity index (χ3n) is 4.84. The fourth-order valence-corrected chi connectivity index (χ4v) is 3.36. The van der Waals surface area contributed by atoms with E-state index < -0.39 is 0 Å². The highest BCUT2D eigenvalue weighted by Gasteiger charge is 2.33. The summed E-state index contributed by atoms with van der Waals surface area (Å²) >= 11 is 0. The van der Waals surface area contributed by atoms with Gasteiger partial charge in [-0.05, 0) is 30.9 Å². The van der Waals surface area contributed by atoms with E-state index >= 15 is 0 Å². The Labute approximate surface area is 172 Å². The molecule has 0 unspecified atom stereocenters. The van der Waals surface area contributed by atoms with Crippen molar-refractivity contribution in [2.75, 3.05) is 13.2 Å². The Balaban J connectivity index is 1.57. The van der Waals surface area contributed by atoms with E-state index in [0.717, 1.165) is 16.8 Å². The SMILES string of the molecule is CCOC(=O)CCCC1=NC[C@@H](OCc2ccccc2)[C@H]1OCc1ccccc1. The summed E-state index contributed by atoms with van der Waals surface area (Å²) in [5.41, 5.74) is 3.22. The van der Waals surface area contributed by atoms with Crippen molar-refractivity contribution >= 4 is 11.7 Å². The molecule has 154 valence electrons. The van der Waals surface area contributed by atoms with E-state index in [2.05, 4.69) is 17.1 Å². The number of carbonyl (C=O) groups excluding carboxylic acids is 1. The van der Waals surface area contributed by atoms with Gasteiger partial charge >= 0.3 is 5.97 Å². The summed E-state index contributed by atoms with van der Waals surface area (Å²) in [5.74, 6) is -0.162. The molecule has 2 atom stereocenters. The maximum absolute atomic E-state index is 11.6. The van der Waals surface area contributed by atoms with Crippen LogP contribution in [-0.4, -0.2) is 37.0 Å². The van der Waals surface area contributed by atoms with Crippen LogP contribution in [0.3, 0.4) is 0 Å². The Kier molecular flexibility index (Phi) is 8.40. The molecule has 29 heavy (non-hydrogen) atoms. The Morgan fingerprint density at radius 3 is 2.21 bits per heavy atom. The van der Waals surface area contributed by atoms with Gasteiger partial charge in [-0.15, -0.1) is 0 Å². The summed E-state index contributed by atoms with van der Waals surface area (Å²) in [6.45, 7) is 3.86. The first-order valence-corrected chi connectivity index (χ1v) is 10.3. The second-order valence-corrected chi connectivity index (χ2v) is 7.04. The zero-order valence-electron chi connectivity index (χ0n) is 17.0. The summed E-state index contributed by atoms with van der Waals surface area (Å²) in [7, 11) is 0. The molecule has 0 radical (unpaired) electrons. The monoisotopic (exact) mass is 395 g/mol. The topological polar surface area (TPSA) is 57.1 Å². The number of nitrogens with zero attached hydrogens (tertiary/aromatic N) is 1. The number of ether oxygens (including phenoxy) is 3. The normalized spacial score (nSPS) is 18.4. The molecule has 0 amide bonds. The predicted octanol–water partition coefficient (Wildman–Crippen LogP) is 4.35. The predicted molar refractivity (Wildman–Crippen MR) is 113 cm³/mol. The Bertz CT molecular complexity index is 776. The van der Waals surface area contributed by atoms with Gasteiger partial charge in [0.15, 0.2) is 0 Å². The average molecular weight is 395 g/mol. The molecule has 0 bridgehead atoms. The van der Waals surface area contributed by atoms with Crippen molar-refractivity contribution in [1.82, 2.24) is 0 Å². The van der Waals surface area contributed by atoms with Crippen LogP contribution in [0.15, 0.2) is 65.7 Å². The first-order valence-electron chi connectivity index (χ1n) is 10.3. The second kappa shape index (κ2) is 11.5. The van der Waals surface area contributed by atoms with E-state index in [-0.39, 0.29) is 18.2 Å². The number of esters is 1. The molecule has 0 spiro atoms. The van der Waals surface area contributed by atoms with Crippen LogP contribution in [0, 0.1) is 0 Å². The van der Waals surface area contributed by atoms with Gasteiger partial charge in [-0.1, -0.05) is 60.7 Å². The second-order valence-electron chi connectivity index (χ2n) is 7.04. The van der Waals surface area contributed by atoms with Crippen molar-refractivity contribution in [3.8, 4) is 0 Å². The molecule has 0 fully saturated rings. The molecule has 2 aromatic carbocycles. The van der Waals surface area contributed by atoms with E-state index in [1.807, 2.05) is 55.5 Å². The summed E-state index contributed by atoms with van der Waals surface area (Å²) in [6, 6.07) is 20.2. The van der Waals surface area contributed by atoms with Crippen LogP contribution >= 0.6 is 0 Å². The van der Waals surface area contributed by atoms with E-state index in [1.165, 1.54) is 0 Å². The lowest BCUT2D eigenvalue weighted by Crippen LogP contribution is -2.35. The van der Waals surface area contributed by atoms with Crippen molar-refractivity contribution in [1.29, 1.82) is 0 Å². The summed E-state index contributed by atoms with van der Waals surface area (Å²) in [4.78, 5) is 16.3. The van der Waals surface area contributed by atoms with Crippen LogP contribution in [0.1, 0.15) is 37.3 Å². The molecule has 0 saturated carbocycles. The molecule has 0 aliphatic carbocycles. The molecule has 1 heterocycles. The van der Waals surface area contributed by atoms with Crippen molar-refractivity contribution in [3.63, 3.8) is 0 Å². The zero-order valence-corrected chi connectivity index (χ0v) is 17.0. The Hall–Kier alpha value is -2.50. The number of hydrogen-bond acceptors (Lipinski definition) is 5. The maximum Gasteiger partial charge on any atom is 0.305 e. The number of rotatable bonds is 11. The first kappa shape index (κ1) is 21.2. The third kappa shape index (κ3) is 6.80. The highest BCUT2D eigenvalue weighted by Crippen LogP contribution is 2.21. The molecule has 0 saturated heterocycles. The molecular weight excluding hydrogens is 366 g/mol. The highest BCUT2D eigenvalue weighted by atomic mass is 16.5. The van der Waals surface area contributed by atoms with E-state index in [0.29, 0.717) is 45.6 Å². The molecule has 1 aliphatic rings. The van der Waals surface area contributed by atoms with Crippen LogP contribution in [0.5, 0.6) is 0 Å². The minimum absolute atomic E-state index is 0.114. The zero-order chi connectivity index (χ0) is 20.3. The first-order chi connectivity index (χ1) is 14.3. The van der Waals surface area contributed by atoms with Crippen LogP contribution in [0.25, 0.3) is 0 Å². The molecule has 2 aromatic rings. The van der Waals surface area contributed by atoms with Gasteiger partial charge in [-0.2, -0.15) is 0 Å². The Morgan fingerprint density at radius 2 is 1.59 bits per heavy atom. The van der Waals surface area contributed by atoms with Gasteiger partial charge in [0.1, 0.15) is 12.2 Å².